The van der Waals surface area contributed by atoms with E-state index in [2.05, 4.69) is 5.32 Å². The first-order valence-corrected chi connectivity index (χ1v) is 5.13. The molecule has 4 nitrogen and oxygen atoms in total. The van der Waals surface area contributed by atoms with Gasteiger partial charge in [-0.15, -0.1) is 0 Å². The second kappa shape index (κ2) is 4.28. The summed E-state index contributed by atoms with van der Waals surface area (Å²) in [5.41, 5.74) is -0.742. The van der Waals surface area contributed by atoms with Gasteiger partial charge in [-0.2, -0.15) is 0 Å². The monoisotopic (exact) mass is 201 g/mol. The fraction of sp³-hybridized carbons (Fsp3) is 0.900. The molecule has 1 rings (SSSR count). The van der Waals surface area contributed by atoms with Gasteiger partial charge in [-0.1, -0.05) is 0 Å². The van der Waals surface area contributed by atoms with Crippen molar-refractivity contribution in [2.75, 3.05) is 6.61 Å². The molecule has 0 saturated heterocycles. The molecule has 4 heteroatoms. The zero-order chi connectivity index (χ0) is 10.8. The minimum atomic E-state index is -0.762. The van der Waals surface area contributed by atoms with Gasteiger partial charge in [-0.05, 0) is 20.8 Å². The fourth-order valence-electron chi connectivity index (χ4n) is 1.98. The molecule has 14 heavy (non-hydrogen) atoms. The highest BCUT2D eigenvalue weighted by Crippen LogP contribution is 2.35. The summed E-state index contributed by atoms with van der Waals surface area (Å²) in [5.74, 6) is -0.762. The van der Waals surface area contributed by atoms with E-state index in [1.807, 2.05) is 20.8 Å². The van der Waals surface area contributed by atoms with Crippen LogP contribution in [0.15, 0.2) is 0 Å². The lowest BCUT2D eigenvalue weighted by Gasteiger charge is -2.45. The molecule has 1 fully saturated rings. The Hall–Kier alpha value is -0.610. The Kier molecular flexibility index (Phi) is 3.50. The largest absolute Gasteiger partial charge is 0.480 e. The van der Waals surface area contributed by atoms with Crippen molar-refractivity contribution in [1.29, 1.82) is 0 Å². The third-order valence-corrected chi connectivity index (χ3v) is 2.53. The van der Waals surface area contributed by atoms with Crippen molar-refractivity contribution in [2.24, 2.45) is 0 Å². The van der Waals surface area contributed by atoms with Gasteiger partial charge < -0.3 is 9.84 Å². The standard InChI is InChI=1S/C10H19NO3/c1-4-14-8-5-10(6-8,9(12)13)11-7(2)3/h7-8,11H,4-6H2,1-3H3,(H,12,13). The first-order chi connectivity index (χ1) is 6.50. The van der Waals surface area contributed by atoms with Gasteiger partial charge in [0.2, 0.25) is 0 Å². The summed E-state index contributed by atoms with van der Waals surface area (Å²) < 4.78 is 5.36. The van der Waals surface area contributed by atoms with Crippen molar-refractivity contribution < 1.29 is 14.6 Å². The highest BCUT2D eigenvalue weighted by Gasteiger charge is 2.51. The second-order valence-electron chi connectivity index (χ2n) is 4.17. The molecule has 0 aromatic carbocycles. The summed E-state index contributed by atoms with van der Waals surface area (Å²) in [5, 5.41) is 12.2. The smallest absolute Gasteiger partial charge is 0.324 e. The molecule has 0 amide bonds. The maximum Gasteiger partial charge on any atom is 0.324 e. The van der Waals surface area contributed by atoms with E-state index in [0.717, 1.165) is 0 Å². The maximum absolute atomic E-state index is 11.1. The lowest BCUT2D eigenvalue weighted by Crippen LogP contribution is -2.64. The Balaban J connectivity index is 2.49. The van der Waals surface area contributed by atoms with Crippen LogP contribution in [0.5, 0.6) is 0 Å². The van der Waals surface area contributed by atoms with Crippen LogP contribution in [0.4, 0.5) is 0 Å². The predicted octanol–water partition coefficient (Wildman–Crippen LogP) is 1.01. The van der Waals surface area contributed by atoms with E-state index >= 15 is 0 Å². The number of carbonyl (C=O) groups is 1. The van der Waals surface area contributed by atoms with Gasteiger partial charge in [-0.25, -0.2) is 0 Å². The highest BCUT2D eigenvalue weighted by atomic mass is 16.5. The first-order valence-electron chi connectivity index (χ1n) is 5.13. The summed E-state index contributed by atoms with van der Waals surface area (Å²) in [6, 6.07) is 0.189. The Morgan fingerprint density at radius 3 is 2.57 bits per heavy atom. The van der Waals surface area contributed by atoms with Crippen molar-refractivity contribution >= 4 is 5.97 Å². The Morgan fingerprint density at radius 2 is 2.21 bits per heavy atom. The molecule has 82 valence electrons. The van der Waals surface area contributed by atoms with Gasteiger partial charge >= 0.3 is 5.97 Å². The van der Waals surface area contributed by atoms with Gasteiger partial charge in [0.1, 0.15) is 5.54 Å². The zero-order valence-electron chi connectivity index (χ0n) is 9.04. The van der Waals surface area contributed by atoms with Crippen LogP contribution in [0, 0.1) is 0 Å². The Labute approximate surface area is 84.6 Å². The summed E-state index contributed by atoms with van der Waals surface area (Å²) >= 11 is 0. The number of nitrogens with one attached hydrogen (secondary N) is 1. The quantitative estimate of drug-likeness (QED) is 0.697. The van der Waals surface area contributed by atoms with Crippen LogP contribution in [-0.2, 0) is 9.53 Å². The molecular formula is C10H19NO3. The number of aliphatic carboxylic acids is 1. The van der Waals surface area contributed by atoms with Crippen molar-refractivity contribution in [1.82, 2.24) is 5.32 Å². The van der Waals surface area contributed by atoms with Crippen molar-refractivity contribution in [3.05, 3.63) is 0 Å². The van der Waals surface area contributed by atoms with E-state index in [1.165, 1.54) is 0 Å². The van der Waals surface area contributed by atoms with Gasteiger partial charge in [0, 0.05) is 25.5 Å². The molecular weight excluding hydrogens is 182 g/mol. The maximum atomic E-state index is 11.1. The van der Waals surface area contributed by atoms with E-state index in [4.69, 9.17) is 9.84 Å². The molecule has 0 aliphatic heterocycles. The topological polar surface area (TPSA) is 58.6 Å². The van der Waals surface area contributed by atoms with Crippen LogP contribution in [0.25, 0.3) is 0 Å². The van der Waals surface area contributed by atoms with Gasteiger partial charge in [0.05, 0.1) is 6.10 Å². The molecule has 1 aliphatic rings. The van der Waals surface area contributed by atoms with E-state index < -0.39 is 11.5 Å². The lowest BCUT2D eigenvalue weighted by atomic mass is 9.73. The number of carboxylic acid groups (broad SMARTS) is 1. The summed E-state index contributed by atoms with van der Waals surface area (Å²) in [4.78, 5) is 11.1. The normalized spacial score (nSPS) is 31.6. The molecule has 0 aromatic heterocycles. The van der Waals surface area contributed by atoms with E-state index in [0.29, 0.717) is 19.4 Å². The summed E-state index contributed by atoms with van der Waals surface area (Å²) in [6.07, 6.45) is 1.27. The van der Waals surface area contributed by atoms with E-state index in [-0.39, 0.29) is 12.1 Å². The Morgan fingerprint density at radius 1 is 1.64 bits per heavy atom. The second-order valence-corrected chi connectivity index (χ2v) is 4.17. The van der Waals surface area contributed by atoms with Gasteiger partial charge in [0.15, 0.2) is 0 Å². The molecule has 1 aliphatic carbocycles. The fourth-order valence-corrected chi connectivity index (χ4v) is 1.98. The third-order valence-electron chi connectivity index (χ3n) is 2.53. The number of ether oxygens (including phenoxy) is 1. The van der Waals surface area contributed by atoms with Crippen LogP contribution < -0.4 is 5.32 Å². The Bertz CT molecular complexity index is 209. The average Bonchev–Trinajstić information content (AvgIpc) is 1.98. The number of rotatable bonds is 5. The summed E-state index contributed by atoms with van der Waals surface area (Å²) in [7, 11) is 0. The lowest BCUT2D eigenvalue weighted by molar-refractivity contribution is -0.158. The molecule has 0 spiro atoms. The van der Waals surface area contributed by atoms with Crippen LogP contribution in [-0.4, -0.2) is 35.4 Å². The van der Waals surface area contributed by atoms with Crippen molar-refractivity contribution in [3.8, 4) is 0 Å². The SMILES string of the molecule is CCOC1CC(NC(C)C)(C(=O)O)C1. The van der Waals surface area contributed by atoms with Crippen LogP contribution in [0.3, 0.4) is 0 Å². The molecule has 1 saturated carbocycles. The van der Waals surface area contributed by atoms with Crippen LogP contribution in [0.1, 0.15) is 33.6 Å². The molecule has 0 bridgehead atoms. The van der Waals surface area contributed by atoms with Crippen LogP contribution >= 0.6 is 0 Å². The zero-order valence-corrected chi connectivity index (χ0v) is 9.04. The predicted molar refractivity (Wildman–Crippen MR) is 53.3 cm³/mol. The van der Waals surface area contributed by atoms with Crippen LogP contribution in [0.2, 0.25) is 0 Å². The van der Waals surface area contributed by atoms with E-state index in [9.17, 15) is 4.79 Å². The van der Waals surface area contributed by atoms with Crippen molar-refractivity contribution in [3.63, 3.8) is 0 Å². The van der Waals surface area contributed by atoms with E-state index in [1.54, 1.807) is 0 Å². The summed E-state index contributed by atoms with van der Waals surface area (Å²) in [6.45, 7) is 6.50. The number of carboxylic acids is 1. The van der Waals surface area contributed by atoms with Crippen molar-refractivity contribution in [2.45, 2.75) is 51.3 Å². The molecule has 2 N–H and O–H groups in total. The molecule has 0 aromatic rings. The highest BCUT2D eigenvalue weighted by molar-refractivity contribution is 5.80. The van der Waals surface area contributed by atoms with Gasteiger partial charge in [-0.3, -0.25) is 10.1 Å². The first kappa shape index (κ1) is 11.5. The van der Waals surface area contributed by atoms with Gasteiger partial charge in [0.25, 0.3) is 0 Å². The third kappa shape index (κ3) is 2.25. The molecule has 0 radical (unpaired) electrons. The number of hydrogen-bond acceptors (Lipinski definition) is 3. The minimum absolute atomic E-state index is 0.113. The molecule has 0 unspecified atom stereocenters. The molecule has 0 heterocycles. The minimum Gasteiger partial charge on any atom is -0.480 e. The molecule has 0 atom stereocenters. The average molecular weight is 201 g/mol. The number of hydrogen-bond donors (Lipinski definition) is 2.